The highest BCUT2D eigenvalue weighted by molar-refractivity contribution is 5.64. The summed E-state index contributed by atoms with van der Waals surface area (Å²) in [5.41, 5.74) is 1.37. The third-order valence-corrected chi connectivity index (χ3v) is 2.49. The Morgan fingerprint density at radius 2 is 2.32 bits per heavy atom. The molecule has 2 N–H and O–H groups in total. The molecule has 6 nitrogen and oxygen atoms in total. The van der Waals surface area contributed by atoms with Crippen molar-refractivity contribution in [1.82, 2.24) is 20.1 Å². The van der Waals surface area contributed by atoms with Crippen LogP contribution in [0.15, 0.2) is 30.7 Å². The molecule has 0 aliphatic rings. The zero-order valence-electron chi connectivity index (χ0n) is 10.2. The molecule has 0 aromatic carbocycles. The normalized spacial score (nSPS) is 12.1. The van der Waals surface area contributed by atoms with Crippen molar-refractivity contribution in [2.75, 3.05) is 0 Å². The van der Waals surface area contributed by atoms with E-state index in [2.05, 4.69) is 15.4 Å². The number of aromatic nitrogens is 3. The highest BCUT2D eigenvalue weighted by Gasteiger charge is 2.08. The maximum absolute atomic E-state index is 12.8. The lowest BCUT2D eigenvalue weighted by atomic mass is 10.2. The van der Waals surface area contributed by atoms with Crippen LogP contribution in [-0.2, 0) is 6.54 Å². The summed E-state index contributed by atoms with van der Waals surface area (Å²) >= 11 is 0. The Labute approximate surface area is 108 Å². The average Bonchev–Trinajstić information content (AvgIpc) is 2.77. The van der Waals surface area contributed by atoms with Gasteiger partial charge < -0.3 is 10.4 Å². The summed E-state index contributed by atoms with van der Waals surface area (Å²) in [6, 6.07) is 2.63. The molecule has 0 fully saturated rings. The Morgan fingerprint density at radius 1 is 1.53 bits per heavy atom. The zero-order chi connectivity index (χ0) is 13.8. The van der Waals surface area contributed by atoms with Crippen molar-refractivity contribution < 1.29 is 14.3 Å². The number of pyridine rings is 1. The van der Waals surface area contributed by atoms with E-state index in [0.29, 0.717) is 12.2 Å². The number of nitrogens with zero attached hydrogens (tertiary/aromatic N) is 3. The average molecular weight is 264 g/mol. The number of hydrogen-bond donors (Lipinski definition) is 2. The Morgan fingerprint density at radius 3 is 2.95 bits per heavy atom. The highest BCUT2D eigenvalue weighted by atomic mass is 19.1. The second-order valence-corrected chi connectivity index (χ2v) is 4.16. The first-order chi connectivity index (χ1) is 9.04. The Bertz CT molecular complexity index is 567. The van der Waals surface area contributed by atoms with Crippen LogP contribution >= 0.6 is 0 Å². The number of halogens is 1. The molecule has 0 aliphatic carbocycles. The predicted molar refractivity (Wildman–Crippen MR) is 66.0 cm³/mol. The fourth-order valence-corrected chi connectivity index (χ4v) is 1.68. The third kappa shape index (κ3) is 3.51. The summed E-state index contributed by atoms with van der Waals surface area (Å²) in [7, 11) is 0. The smallest absolute Gasteiger partial charge is 0.404 e. The standard InChI is InChI=1S/C12H13FN4O2/c1-8(16-12(18)19)6-17-7-9(4-15-17)11-3-2-10(13)5-14-11/h2-5,7-8,16H,6H2,1H3,(H,18,19)/t8-/m0/s1. The van der Waals surface area contributed by atoms with Gasteiger partial charge in [0.05, 0.1) is 24.6 Å². The van der Waals surface area contributed by atoms with Crippen molar-refractivity contribution in [3.05, 3.63) is 36.5 Å². The molecule has 19 heavy (non-hydrogen) atoms. The van der Waals surface area contributed by atoms with E-state index in [1.807, 2.05) is 0 Å². The Hall–Kier alpha value is -2.44. The van der Waals surface area contributed by atoms with Gasteiger partial charge in [-0.2, -0.15) is 5.10 Å². The monoisotopic (exact) mass is 264 g/mol. The molecule has 2 aromatic rings. The van der Waals surface area contributed by atoms with Crippen molar-refractivity contribution in [2.24, 2.45) is 0 Å². The topological polar surface area (TPSA) is 80.0 Å². The van der Waals surface area contributed by atoms with E-state index in [1.165, 1.54) is 6.07 Å². The second kappa shape index (κ2) is 5.47. The maximum atomic E-state index is 12.8. The van der Waals surface area contributed by atoms with Gasteiger partial charge in [-0.15, -0.1) is 0 Å². The summed E-state index contributed by atoms with van der Waals surface area (Å²) in [4.78, 5) is 14.4. The largest absolute Gasteiger partial charge is 0.465 e. The first kappa shape index (κ1) is 13.0. The summed E-state index contributed by atoms with van der Waals surface area (Å²) in [5.74, 6) is -0.393. The molecule has 0 bridgehead atoms. The molecule has 0 spiro atoms. The summed E-state index contributed by atoms with van der Waals surface area (Å²) in [6.45, 7) is 2.15. The SMILES string of the molecule is C[C@@H](Cn1cc(-c2ccc(F)cn2)cn1)NC(=O)O. The van der Waals surface area contributed by atoms with E-state index >= 15 is 0 Å². The minimum atomic E-state index is -1.07. The maximum Gasteiger partial charge on any atom is 0.404 e. The van der Waals surface area contributed by atoms with Crippen molar-refractivity contribution in [3.8, 4) is 11.3 Å². The molecule has 2 heterocycles. The molecule has 0 unspecified atom stereocenters. The minimum absolute atomic E-state index is 0.258. The Balaban J connectivity index is 2.06. The molecule has 2 aromatic heterocycles. The molecule has 0 radical (unpaired) electrons. The molecule has 1 amide bonds. The Kier molecular flexibility index (Phi) is 3.74. The third-order valence-electron chi connectivity index (χ3n) is 2.49. The van der Waals surface area contributed by atoms with E-state index in [4.69, 9.17) is 5.11 Å². The van der Waals surface area contributed by atoms with Crippen LogP contribution in [0.2, 0.25) is 0 Å². The zero-order valence-corrected chi connectivity index (χ0v) is 10.2. The van der Waals surface area contributed by atoms with Crippen LogP contribution in [0.1, 0.15) is 6.92 Å². The number of amides is 1. The fraction of sp³-hybridized carbons (Fsp3) is 0.250. The number of carboxylic acid groups (broad SMARTS) is 1. The van der Waals surface area contributed by atoms with Crippen LogP contribution in [0.5, 0.6) is 0 Å². The molecular weight excluding hydrogens is 251 g/mol. The van der Waals surface area contributed by atoms with Gasteiger partial charge in [-0.3, -0.25) is 9.67 Å². The molecule has 0 saturated carbocycles. The molecule has 1 atom stereocenters. The first-order valence-electron chi connectivity index (χ1n) is 5.68. The number of rotatable bonds is 4. The van der Waals surface area contributed by atoms with E-state index in [0.717, 1.165) is 11.8 Å². The van der Waals surface area contributed by atoms with Gasteiger partial charge >= 0.3 is 6.09 Å². The molecule has 100 valence electrons. The van der Waals surface area contributed by atoms with Crippen molar-refractivity contribution in [2.45, 2.75) is 19.5 Å². The second-order valence-electron chi connectivity index (χ2n) is 4.16. The summed E-state index contributed by atoms with van der Waals surface area (Å²) < 4.78 is 14.4. The van der Waals surface area contributed by atoms with Crippen molar-refractivity contribution in [3.63, 3.8) is 0 Å². The van der Waals surface area contributed by atoms with Crippen molar-refractivity contribution >= 4 is 6.09 Å². The van der Waals surface area contributed by atoms with Crippen LogP contribution in [0.25, 0.3) is 11.3 Å². The van der Waals surface area contributed by atoms with Crippen LogP contribution in [0.3, 0.4) is 0 Å². The van der Waals surface area contributed by atoms with E-state index in [-0.39, 0.29) is 6.04 Å². The van der Waals surface area contributed by atoms with Crippen LogP contribution < -0.4 is 5.32 Å². The first-order valence-corrected chi connectivity index (χ1v) is 5.68. The van der Waals surface area contributed by atoms with E-state index in [1.54, 1.807) is 30.1 Å². The molecule has 0 aliphatic heterocycles. The molecule has 2 rings (SSSR count). The minimum Gasteiger partial charge on any atom is -0.465 e. The summed E-state index contributed by atoms with van der Waals surface area (Å²) in [5, 5.41) is 15.0. The highest BCUT2D eigenvalue weighted by Crippen LogP contribution is 2.15. The number of carbonyl (C=O) groups is 1. The molecular formula is C12H13FN4O2. The quantitative estimate of drug-likeness (QED) is 0.881. The fourth-order valence-electron chi connectivity index (χ4n) is 1.68. The van der Waals surface area contributed by atoms with Gasteiger partial charge in [0.1, 0.15) is 5.82 Å². The number of hydrogen-bond acceptors (Lipinski definition) is 3. The molecule has 0 saturated heterocycles. The molecule has 7 heteroatoms. The van der Waals surface area contributed by atoms with Crippen LogP contribution in [0, 0.1) is 5.82 Å². The van der Waals surface area contributed by atoms with E-state index < -0.39 is 11.9 Å². The van der Waals surface area contributed by atoms with Gasteiger partial charge in [0, 0.05) is 17.8 Å². The van der Waals surface area contributed by atoms with Gasteiger partial charge in [0.25, 0.3) is 0 Å². The van der Waals surface area contributed by atoms with Crippen LogP contribution in [-0.4, -0.2) is 32.0 Å². The summed E-state index contributed by atoms with van der Waals surface area (Å²) in [6.07, 6.45) is 3.41. The van der Waals surface area contributed by atoms with Crippen molar-refractivity contribution in [1.29, 1.82) is 0 Å². The lowest BCUT2D eigenvalue weighted by molar-refractivity contribution is 0.189. The van der Waals surface area contributed by atoms with Gasteiger partial charge in [-0.1, -0.05) is 0 Å². The van der Waals surface area contributed by atoms with Gasteiger partial charge in [0.15, 0.2) is 0 Å². The van der Waals surface area contributed by atoms with Crippen LogP contribution in [0.4, 0.5) is 9.18 Å². The van der Waals surface area contributed by atoms with E-state index in [9.17, 15) is 9.18 Å². The predicted octanol–water partition coefficient (Wildman–Crippen LogP) is 1.74. The lowest BCUT2D eigenvalue weighted by Gasteiger charge is -2.10. The number of nitrogens with one attached hydrogen (secondary N) is 1. The lowest BCUT2D eigenvalue weighted by Crippen LogP contribution is -2.34. The van der Waals surface area contributed by atoms with Gasteiger partial charge in [-0.05, 0) is 19.1 Å². The van der Waals surface area contributed by atoms with Gasteiger partial charge in [-0.25, -0.2) is 9.18 Å². The van der Waals surface area contributed by atoms with Gasteiger partial charge in [0.2, 0.25) is 0 Å².